The van der Waals surface area contributed by atoms with Crippen LogP contribution in [0, 0.1) is 0 Å². The zero-order chi connectivity index (χ0) is 18.9. The molecule has 1 atom stereocenters. The molecule has 1 aliphatic rings. The minimum absolute atomic E-state index is 0. The number of carbonyl (C=O) groups is 1. The third-order valence-corrected chi connectivity index (χ3v) is 5.65. The number of nitrogens with zero attached hydrogens (tertiary/aromatic N) is 1. The summed E-state index contributed by atoms with van der Waals surface area (Å²) in [6, 6.07) is 11.8. The van der Waals surface area contributed by atoms with Crippen LogP contribution in [0.15, 0.2) is 41.8 Å². The quantitative estimate of drug-likeness (QED) is 0.614. The number of nitrogens with one attached hydrogen (secondary N) is 1. The van der Waals surface area contributed by atoms with E-state index < -0.39 is 0 Å². The number of rotatable bonds is 9. The predicted molar refractivity (Wildman–Crippen MR) is 116 cm³/mol. The molecule has 7 heteroatoms. The molecule has 1 fully saturated rings. The predicted octanol–water partition coefficient (Wildman–Crippen LogP) is 4.15. The molecule has 1 N–H and O–H groups in total. The average molecular weight is 425 g/mol. The lowest BCUT2D eigenvalue weighted by molar-refractivity contribution is 0.0169. The van der Waals surface area contributed by atoms with Gasteiger partial charge in [-0.25, -0.2) is 0 Å². The Hall–Kier alpha value is -1.60. The maximum atomic E-state index is 12.7. The van der Waals surface area contributed by atoms with Crippen molar-refractivity contribution in [2.75, 3.05) is 39.5 Å². The summed E-state index contributed by atoms with van der Waals surface area (Å²) in [5, 5.41) is 5.19. The molecule has 0 saturated carbocycles. The molecule has 1 amide bonds. The Morgan fingerprint density at radius 1 is 1.29 bits per heavy atom. The van der Waals surface area contributed by atoms with Crippen molar-refractivity contribution >= 4 is 29.7 Å². The Morgan fingerprint density at radius 3 is 2.82 bits per heavy atom. The second-order valence-corrected chi connectivity index (χ2v) is 7.60. The fourth-order valence-electron chi connectivity index (χ4n) is 3.13. The summed E-state index contributed by atoms with van der Waals surface area (Å²) in [6.07, 6.45) is 2.10. The fraction of sp³-hybridized carbons (Fsp3) is 0.476. The van der Waals surface area contributed by atoms with Crippen LogP contribution in [0.25, 0.3) is 0 Å². The van der Waals surface area contributed by atoms with Gasteiger partial charge in [0.2, 0.25) is 0 Å². The number of ether oxygens (including phenoxy) is 2. The molecule has 154 valence electrons. The molecule has 1 unspecified atom stereocenters. The van der Waals surface area contributed by atoms with Crippen LogP contribution in [0.2, 0.25) is 0 Å². The van der Waals surface area contributed by atoms with E-state index in [0.29, 0.717) is 18.7 Å². The molecule has 0 radical (unpaired) electrons. The topological polar surface area (TPSA) is 50.8 Å². The van der Waals surface area contributed by atoms with Gasteiger partial charge in [-0.05, 0) is 36.1 Å². The van der Waals surface area contributed by atoms with Crippen molar-refractivity contribution in [2.24, 2.45) is 0 Å². The number of hydrogen-bond acceptors (Lipinski definition) is 5. The highest BCUT2D eigenvalue weighted by Gasteiger charge is 2.24. The van der Waals surface area contributed by atoms with Gasteiger partial charge >= 0.3 is 0 Å². The summed E-state index contributed by atoms with van der Waals surface area (Å²) in [7, 11) is 0. The third kappa shape index (κ3) is 6.48. The van der Waals surface area contributed by atoms with Crippen LogP contribution in [0.3, 0.4) is 0 Å². The number of thiophene rings is 1. The van der Waals surface area contributed by atoms with E-state index in [2.05, 4.69) is 34.7 Å². The fourth-order valence-corrected chi connectivity index (χ4v) is 3.99. The van der Waals surface area contributed by atoms with Crippen molar-refractivity contribution in [3.05, 3.63) is 52.2 Å². The molecular formula is C21H29ClN2O3S. The van der Waals surface area contributed by atoms with E-state index in [0.717, 1.165) is 44.9 Å². The maximum absolute atomic E-state index is 12.7. The van der Waals surface area contributed by atoms with E-state index >= 15 is 0 Å². The van der Waals surface area contributed by atoms with Gasteiger partial charge in [0.1, 0.15) is 5.75 Å². The van der Waals surface area contributed by atoms with Crippen LogP contribution < -0.4 is 10.1 Å². The Labute approximate surface area is 177 Å². The standard InChI is InChI=1S/C21H28N2O3S.ClH/c1-2-3-11-26-18-7-4-6-17(15-18)21(24)22-16-19(20-8-5-14-27-20)23-9-12-25-13-10-23;/h4-8,14-15,19H,2-3,9-13,16H2,1H3,(H,22,24);1H. The molecule has 1 aromatic carbocycles. The maximum Gasteiger partial charge on any atom is 0.251 e. The minimum Gasteiger partial charge on any atom is -0.494 e. The molecule has 0 aliphatic carbocycles. The average Bonchev–Trinajstić information content (AvgIpc) is 3.24. The Balaban J connectivity index is 0.00000280. The molecule has 2 aromatic rings. The van der Waals surface area contributed by atoms with Crippen molar-refractivity contribution < 1.29 is 14.3 Å². The van der Waals surface area contributed by atoms with Crippen LogP contribution in [0.5, 0.6) is 5.75 Å². The van der Waals surface area contributed by atoms with Crippen molar-refractivity contribution in [2.45, 2.75) is 25.8 Å². The number of hydrogen-bond donors (Lipinski definition) is 1. The second-order valence-electron chi connectivity index (χ2n) is 6.62. The number of halogens is 1. The summed E-state index contributed by atoms with van der Waals surface area (Å²) in [5.41, 5.74) is 0.635. The van der Waals surface area contributed by atoms with Gasteiger partial charge in [0.25, 0.3) is 5.91 Å². The van der Waals surface area contributed by atoms with Crippen molar-refractivity contribution in [3.8, 4) is 5.75 Å². The summed E-state index contributed by atoms with van der Waals surface area (Å²) in [4.78, 5) is 16.3. The van der Waals surface area contributed by atoms with Gasteiger partial charge in [-0.1, -0.05) is 25.5 Å². The molecule has 1 saturated heterocycles. The highest BCUT2D eigenvalue weighted by molar-refractivity contribution is 7.10. The van der Waals surface area contributed by atoms with Gasteiger partial charge in [0, 0.05) is 30.1 Å². The number of carbonyl (C=O) groups excluding carboxylic acids is 1. The van der Waals surface area contributed by atoms with E-state index in [4.69, 9.17) is 9.47 Å². The molecule has 0 bridgehead atoms. The smallest absolute Gasteiger partial charge is 0.251 e. The largest absolute Gasteiger partial charge is 0.494 e. The van der Waals surface area contributed by atoms with Gasteiger partial charge in [-0.15, -0.1) is 23.7 Å². The van der Waals surface area contributed by atoms with Gasteiger partial charge in [-0.3, -0.25) is 9.69 Å². The second kappa shape index (κ2) is 12.1. The Morgan fingerprint density at radius 2 is 2.11 bits per heavy atom. The molecule has 3 rings (SSSR count). The van der Waals surface area contributed by atoms with Crippen LogP contribution in [-0.4, -0.2) is 50.3 Å². The zero-order valence-corrected chi connectivity index (χ0v) is 17.9. The van der Waals surface area contributed by atoms with E-state index in [-0.39, 0.29) is 24.4 Å². The van der Waals surface area contributed by atoms with Gasteiger partial charge < -0.3 is 14.8 Å². The first-order valence-electron chi connectivity index (χ1n) is 9.64. The summed E-state index contributed by atoms with van der Waals surface area (Å²) >= 11 is 1.73. The van der Waals surface area contributed by atoms with Gasteiger partial charge in [0.15, 0.2) is 0 Å². The number of morpholine rings is 1. The molecule has 5 nitrogen and oxygen atoms in total. The van der Waals surface area contributed by atoms with E-state index in [1.54, 1.807) is 11.3 Å². The van der Waals surface area contributed by atoms with E-state index in [1.807, 2.05) is 24.3 Å². The van der Waals surface area contributed by atoms with E-state index in [1.165, 1.54) is 4.88 Å². The number of amides is 1. The molecule has 28 heavy (non-hydrogen) atoms. The molecule has 0 spiro atoms. The third-order valence-electron chi connectivity index (χ3n) is 4.68. The normalized spacial score (nSPS) is 15.5. The molecular weight excluding hydrogens is 396 g/mol. The highest BCUT2D eigenvalue weighted by Crippen LogP contribution is 2.25. The van der Waals surface area contributed by atoms with Gasteiger partial charge in [-0.2, -0.15) is 0 Å². The van der Waals surface area contributed by atoms with Crippen molar-refractivity contribution in [3.63, 3.8) is 0 Å². The monoisotopic (exact) mass is 424 g/mol. The molecule has 1 aromatic heterocycles. The van der Waals surface area contributed by atoms with Gasteiger partial charge in [0.05, 0.1) is 25.9 Å². The first-order valence-corrected chi connectivity index (χ1v) is 10.5. The lowest BCUT2D eigenvalue weighted by atomic mass is 10.1. The Bertz CT molecular complexity index is 705. The number of unbranched alkanes of at least 4 members (excludes halogenated alkanes) is 1. The van der Waals surface area contributed by atoms with Crippen LogP contribution in [-0.2, 0) is 4.74 Å². The van der Waals surface area contributed by atoms with Crippen LogP contribution >= 0.6 is 23.7 Å². The summed E-state index contributed by atoms with van der Waals surface area (Å²) in [6.45, 7) is 6.66. The highest BCUT2D eigenvalue weighted by atomic mass is 35.5. The number of benzene rings is 1. The lowest BCUT2D eigenvalue weighted by Crippen LogP contribution is -2.43. The van der Waals surface area contributed by atoms with Crippen LogP contribution in [0.4, 0.5) is 0 Å². The zero-order valence-electron chi connectivity index (χ0n) is 16.3. The molecule has 1 aliphatic heterocycles. The van der Waals surface area contributed by atoms with Crippen molar-refractivity contribution in [1.29, 1.82) is 0 Å². The summed E-state index contributed by atoms with van der Waals surface area (Å²) < 4.78 is 11.2. The first kappa shape index (κ1) is 22.7. The Kier molecular flexibility index (Phi) is 9.78. The van der Waals surface area contributed by atoms with Crippen LogP contribution in [0.1, 0.15) is 41.0 Å². The minimum atomic E-state index is -0.0641. The molecule has 2 heterocycles. The first-order chi connectivity index (χ1) is 13.3. The van der Waals surface area contributed by atoms with Crippen molar-refractivity contribution in [1.82, 2.24) is 10.2 Å². The summed E-state index contributed by atoms with van der Waals surface area (Å²) in [5.74, 6) is 0.685. The lowest BCUT2D eigenvalue weighted by Gasteiger charge is -2.34. The SMILES string of the molecule is CCCCOc1cccc(C(=O)NCC(c2cccs2)N2CCOCC2)c1.Cl. The van der Waals surface area contributed by atoms with E-state index in [9.17, 15) is 4.79 Å².